The van der Waals surface area contributed by atoms with Gasteiger partial charge in [0.2, 0.25) is 0 Å². The molecule has 0 bridgehead atoms. The molecule has 0 saturated carbocycles. The SMILES string of the molecule is CCCc1ccc(-c2ccc(C(F)(F)Oc3cc(F)c(C(F)(F)F)c(F)c3)c(F)c2F)cc1. The van der Waals surface area contributed by atoms with Crippen molar-refractivity contribution in [3.8, 4) is 16.9 Å². The van der Waals surface area contributed by atoms with E-state index in [4.69, 9.17) is 0 Å². The molecule has 0 N–H and O–H groups in total. The monoisotopic (exact) mass is 478 g/mol. The molecule has 3 aromatic carbocycles. The fourth-order valence-corrected chi connectivity index (χ4v) is 3.22. The van der Waals surface area contributed by atoms with E-state index in [1.54, 1.807) is 12.1 Å². The van der Waals surface area contributed by atoms with Crippen LogP contribution in [0.1, 0.15) is 30.0 Å². The summed E-state index contributed by atoms with van der Waals surface area (Å²) < 4.78 is 127. The van der Waals surface area contributed by atoms with Gasteiger partial charge < -0.3 is 4.74 Å². The van der Waals surface area contributed by atoms with Crippen molar-refractivity contribution in [3.63, 3.8) is 0 Å². The molecular weight excluding hydrogens is 463 g/mol. The summed E-state index contributed by atoms with van der Waals surface area (Å²) in [6, 6.07) is 7.47. The Hall–Kier alpha value is -3.17. The minimum atomic E-state index is -5.42. The van der Waals surface area contributed by atoms with E-state index in [-0.39, 0.29) is 23.3 Å². The van der Waals surface area contributed by atoms with E-state index in [1.165, 1.54) is 12.1 Å². The van der Waals surface area contributed by atoms with Gasteiger partial charge in [-0.1, -0.05) is 43.7 Å². The van der Waals surface area contributed by atoms with Crippen molar-refractivity contribution in [2.75, 3.05) is 0 Å². The first kappa shape index (κ1) is 24.5. The maximum Gasteiger partial charge on any atom is 0.429 e. The van der Waals surface area contributed by atoms with E-state index in [0.717, 1.165) is 24.5 Å². The molecule has 0 atom stereocenters. The van der Waals surface area contributed by atoms with E-state index >= 15 is 0 Å². The van der Waals surface area contributed by atoms with Crippen LogP contribution in [0.25, 0.3) is 11.1 Å². The molecule has 176 valence electrons. The zero-order chi connectivity index (χ0) is 24.6. The predicted molar refractivity (Wildman–Crippen MR) is 102 cm³/mol. The first-order valence-electron chi connectivity index (χ1n) is 9.56. The average molecular weight is 478 g/mol. The summed E-state index contributed by atoms with van der Waals surface area (Å²) in [4.78, 5) is 0. The highest BCUT2D eigenvalue weighted by molar-refractivity contribution is 5.65. The standard InChI is InChI=1S/C23H15F9O/c1-2-3-12-4-6-13(7-5-12)15-8-9-16(21(27)20(15)26)23(31,32)33-14-10-17(24)19(18(25)11-14)22(28,29)30/h4-11H,2-3H2,1H3. The van der Waals surface area contributed by atoms with E-state index in [1.807, 2.05) is 6.92 Å². The molecule has 0 amide bonds. The smallest absolute Gasteiger partial charge is 0.429 e. The second kappa shape index (κ2) is 8.99. The van der Waals surface area contributed by atoms with Crippen LogP contribution < -0.4 is 4.74 Å². The summed E-state index contributed by atoms with van der Waals surface area (Å²) in [5.74, 6) is -9.37. The predicted octanol–water partition coefficient (Wildman–Crippen LogP) is 8.01. The second-order valence-electron chi connectivity index (χ2n) is 7.11. The Morgan fingerprint density at radius 2 is 1.33 bits per heavy atom. The third-order valence-electron chi connectivity index (χ3n) is 4.74. The first-order chi connectivity index (χ1) is 15.3. The Labute approximate surface area is 182 Å². The molecule has 0 aliphatic rings. The number of rotatable bonds is 6. The van der Waals surface area contributed by atoms with Gasteiger partial charge in [0, 0.05) is 17.7 Å². The first-order valence-corrected chi connectivity index (χ1v) is 9.56. The Morgan fingerprint density at radius 3 is 1.85 bits per heavy atom. The lowest BCUT2D eigenvalue weighted by Gasteiger charge is -2.20. The molecule has 0 saturated heterocycles. The summed E-state index contributed by atoms with van der Waals surface area (Å²) in [6.45, 7) is 1.96. The molecule has 3 rings (SSSR count). The van der Waals surface area contributed by atoms with Crippen LogP contribution in [0.4, 0.5) is 39.5 Å². The van der Waals surface area contributed by atoms with Gasteiger partial charge in [0.1, 0.15) is 28.5 Å². The number of benzene rings is 3. The molecule has 0 fully saturated rings. The molecular formula is C23H15F9O. The van der Waals surface area contributed by atoms with Crippen LogP contribution >= 0.6 is 0 Å². The van der Waals surface area contributed by atoms with Crippen LogP contribution in [0.2, 0.25) is 0 Å². The number of halogens is 9. The van der Waals surface area contributed by atoms with Crippen LogP contribution in [0.15, 0.2) is 48.5 Å². The topological polar surface area (TPSA) is 9.23 Å². The summed E-state index contributed by atoms with van der Waals surface area (Å²) in [5.41, 5.74) is -3.07. The van der Waals surface area contributed by atoms with Gasteiger partial charge in [0.15, 0.2) is 11.6 Å². The van der Waals surface area contributed by atoms with Gasteiger partial charge in [0.05, 0.1) is 0 Å². The van der Waals surface area contributed by atoms with Gasteiger partial charge in [0.25, 0.3) is 0 Å². The summed E-state index contributed by atoms with van der Waals surface area (Å²) >= 11 is 0. The fourth-order valence-electron chi connectivity index (χ4n) is 3.22. The molecule has 0 spiro atoms. The number of hydrogen-bond acceptors (Lipinski definition) is 1. The number of hydrogen-bond donors (Lipinski definition) is 0. The third-order valence-corrected chi connectivity index (χ3v) is 4.74. The lowest BCUT2D eigenvalue weighted by Crippen LogP contribution is -2.24. The van der Waals surface area contributed by atoms with Crippen molar-refractivity contribution in [1.29, 1.82) is 0 Å². The van der Waals surface area contributed by atoms with Gasteiger partial charge in [-0.25, -0.2) is 17.6 Å². The zero-order valence-corrected chi connectivity index (χ0v) is 16.8. The molecule has 1 nitrogen and oxygen atoms in total. The van der Waals surface area contributed by atoms with Crippen LogP contribution in [0, 0.1) is 23.3 Å². The summed E-state index contributed by atoms with van der Waals surface area (Å²) in [6.07, 6.45) is -8.47. The van der Waals surface area contributed by atoms with Crippen molar-refractivity contribution < 1.29 is 44.3 Å². The van der Waals surface area contributed by atoms with Crippen molar-refractivity contribution in [3.05, 3.63) is 88.5 Å². The van der Waals surface area contributed by atoms with Crippen molar-refractivity contribution >= 4 is 0 Å². The quantitative estimate of drug-likeness (QED) is 0.326. The average Bonchev–Trinajstić information content (AvgIpc) is 2.69. The van der Waals surface area contributed by atoms with Crippen LogP contribution in [-0.2, 0) is 18.7 Å². The molecule has 0 radical (unpaired) electrons. The molecule has 0 aliphatic heterocycles. The Morgan fingerprint density at radius 1 is 0.758 bits per heavy atom. The van der Waals surface area contributed by atoms with Gasteiger partial charge in [-0.05, 0) is 23.6 Å². The van der Waals surface area contributed by atoms with E-state index in [2.05, 4.69) is 4.74 Å². The molecule has 0 heterocycles. The fraction of sp³-hybridized carbons (Fsp3) is 0.217. The molecule has 0 unspecified atom stereocenters. The number of alkyl halides is 5. The highest BCUT2D eigenvalue weighted by Crippen LogP contribution is 2.39. The highest BCUT2D eigenvalue weighted by Gasteiger charge is 2.42. The van der Waals surface area contributed by atoms with Crippen molar-refractivity contribution in [1.82, 2.24) is 0 Å². The molecule has 33 heavy (non-hydrogen) atoms. The van der Waals surface area contributed by atoms with Crippen LogP contribution in [0.5, 0.6) is 5.75 Å². The zero-order valence-electron chi connectivity index (χ0n) is 16.8. The van der Waals surface area contributed by atoms with Gasteiger partial charge in [-0.2, -0.15) is 22.0 Å². The van der Waals surface area contributed by atoms with Gasteiger partial charge in [-0.3, -0.25) is 0 Å². The minimum Gasteiger partial charge on any atom is -0.429 e. The molecule has 0 aliphatic carbocycles. The Kier molecular flexibility index (Phi) is 6.67. The normalized spacial score (nSPS) is 12.2. The molecule has 3 aromatic rings. The van der Waals surface area contributed by atoms with Crippen molar-refractivity contribution in [2.24, 2.45) is 0 Å². The summed E-state index contributed by atoms with van der Waals surface area (Å²) in [5, 5.41) is 0. The van der Waals surface area contributed by atoms with Crippen LogP contribution in [0.3, 0.4) is 0 Å². The molecule has 0 aromatic heterocycles. The van der Waals surface area contributed by atoms with E-state index < -0.39 is 52.4 Å². The van der Waals surface area contributed by atoms with Gasteiger partial charge in [-0.15, -0.1) is 0 Å². The second-order valence-corrected chi connectivity index (χ2v) is 7.11. The van der Waals surface area contributed by atoms with E-state index in [0.29, 0.717) is 6.07 Å². The maximum atomic E-state index is 14.6. The maximum absolute atomic E-state index is 14.6. The minimum absolute atomic E-state index is 0.125. The number of aryl methyl sites for hydroxylation is 1. The lowest BCUT2D eigenvalue weighted by atomic mass is 10.00. The number of ether oxygens (including phenoxy) is 1. The molecule has 10 heteroatoms. The largest absolute Gasteiger partial charge is 0.429 e. The highest BCUT2D eigenvalue weighted by atomic mass is 19.4. The van der Waals surface area contributed by atoms with Crippen LogP contribution in [-0.4, -0.2) is 0 Å². The van der Waals surface area contributed by atoms with Crippen molar-refractivity contribution in [2.45, 2.75) is 32.1 Å². The Balaban J connectivity index is 1.93. The third kappa shape index (κ3) is 5.09. The summed E-state index contributed by atoms with van der Waals surface area (Å²) in [7, 11) is 0. The van der Waals surface area contributed by atoms with Gasteiger partial charge >= 0.3 is 12.3 Å². The Bertz CT molecular complexity index is 1130. The van der Waals surface area contributed by atoms with E-state index in [9.17, 15) is 39.5 Å². The lowest BCUT2D eigenvalue weighted by molar-refractivity contribution is -0.188.